The van der Waals surface area contributed by atoms with E-state index < -0.39 is 5.79 Å². The van der Waals surface area contributed by atoms with Crippen molar-refractivity contribution >= 4 is 5.78 Å². The molecule has 0 aromatic rings. The summed E-state index contributed by atoms with van der Waals surface area (Å²) in [6.45, 7) is 5.77. The summed E-state index contributed by atoms with van der Waals surface area (Å²) in [7, 11) is 0. The van der Waals surface area contributed by atoms with Gasteiger partial charge in [-0.05, 0) is 20.3 Å². The van der Waals surface area contributed by atoms with Crippen molar-refractivity contribution in [2.45, 2.75) is 51.6 Å². The van der Waals surface area contributed by atoms with Gasteiger partial charge in [0.15, 0.2) is 5.79 Å². The number of carbonyl (C=O) groups is 1. The standard InChI is InChI=1S/C10H16O3/c1-6-4-8-9(5-7(6)11)13-10(2,3)12-8/h6,8-9H,4-5H2,1-3H3/t6-,8+,9-/m1/s1. The van der Waals surface area contributed by atoms with Gasteiger partial charge in [0.2, 0.25) is 0 Å². The normalized spacial score (nSPS) is 43.3. The first-order valence-electron chi connectivity index (χ1n) is 4.86. The fourth-order valence-corrected chi connectivity index (χ4v) is 2.16. The molecule has 2 rings (SSSR count). The third-order valence-corrected chi connectivity index (χ3v) is 2.82. The van der Waals surface area contributed by atoms with Crippen molar-refractivity contribution in [2.24, 2.45) is 5.92 Å². The first kappa shape index (κ1) is 9.16. The fraction of sp³-hybridized carbons (Fsp3) is 0.900. The number of carbonyl (C=O) groups excluding carboxylic acids is 1. The van der Waals surface area contributed by atoms with Gasteiger partial charge in [0.05, 0.1) is 12.2 Å². The van der Waals surface area contributed by atoms with Crippen LogP contribution >= 0.6 is 0 Å². The molecule has 0 spiro atoms. The van der Waals surface area contributed by atoms with E-state index in [9.17, 15) is 4.79 Å². The van der Waals surface area contributed by atoms with Crippen LogP contribution in [0.1, 0.15) is 33.6 Å². The number of hydrogen-bond donors (Lipinski definition) is 0. The predicted molar refractivity (Wildman–Crippen MR) is 47.2 cm³/mol. The maximum Gasteiger partial charge on any atom is 0.163 e. The van der Waals surface area contributed by atoms with Gasteiger partial charge >= 0.3 is 0 Å². The number of ether oxygens (including phenoxy) is 2. The van der Waals surface area contributed by atoms with Crippen molar-refractivity contribution in [3.63, 3.8) is 0 Å². The minimum absolute atomic E-state index is 0.00120. The second-order valence-electron chi connectivity index (χ2n) is 4.52. The zero-order chi connectivity index (χ0) is 9.64. The van der Waals surface area contributed by atoms with Gasteiger partial charge in [0.25, 0.3) is 0 Å². The van der Waals surface area contributed by atoms with Crippen molar-refractivity contribution in [1.82, 2.24) is 0 Å². The number of ketones is 1. The highest BCUT2D eigenvalue weighted by Gasteiger charge is 2.46. The van der Waals surface area contributed by atoms with Crippen LogP contribution in [-0.2, 0) is 14.3 Å². The molecule has 0 radical (unpaired) electrons. The van der Waals surface area contributed by atoms with Crippen LogP contribution in [0, 0.1) is 5.92 Å². The summed E-state index contributed by atoms with van der Waals surface area (Å²) in [5, 5.41) is 0. The molecule has 1 aliphatic heterocycles. The Hall–Kier alpha value is -0.410. The molecule has 0 amide bonds. The van der Waals surface area contributed by atoms with Crippen LogP contribution in [0.2, 0.25) is 0 Å². The molecule has 0 N–H and O–H groups in total. The van der Waals surface area contributed by atoms with Gasteiger partial charge < -0.3 is 9.47 Å². The fourth-order valence-electron chi connectivity index (χ4n) is 2.16. The van der Waals surface area contributed by atoms with Gasteiger partial charge in [-0.3, -0.25) is 4.79 Å². The van der Waals surface area contributed by atoms with E-state index in [0.29, 0.717) is 12.2 Å². The van der Waals surface area contributed by atoms with Crippen LogP contribution in [0.15, 0.2) is 0 Å². The highest BCUT2D eigenvalue weighted by molar-refractivity contribution is 5.82. The lowest BCUT2D eigenvalue weighted by Crippen LogP contribution is -2.36. The van der Waals surface area contributed by atoms with Crippen molar-refractivity contribution < 1.29 is 14.3 Å². The van der Waals surface area contributed by atoms with E-state index in [2.05, 4.69) is 0 Å². The van der Waals surface area contributed by atoms with E-state index in [4.69, 9.17) is 9.47 Å². The summed E-state index contributed by atoms with van der Waals surface area (Å²) in [6, 6.07) is 0. The molecule has 0 unspecified atom stereocenters. The Balaban J connectivity index is 2.10. The molecule has 1 saturated heterocycles. The monoisotopic (exact) mass is 184 g/mol. The number of hydrogen-bond acceptors (Lipinski definition) is 3. The van der Waals surface area contributed by atoms with Gasteiger partial charge in [-0.15, -0.1) is 0 Å². The smallest absolute Gasteiger partial charge is 0.163 e. The molecule has 3 heteroatoms. The highest BCUT2D eigenvalue weighted by atomic mass is 16.7. The Morgan fingerprint density at radius 3 is 2.62 bits per heavy atom. The summed E-state index contributed by atoms with van der Waals surface area (Å²) < 4.78 is 11.3. The van der Waals surface area contributed by atoms with E-state index in [1.165, 1.54) is 0 Å². The van der Waals surface area contributed by atoms with E-state index in [-0.39, 0.29) is 18.1 Å². The predicted octanol–water partition coefficient (Wildman–Crippen LogP) is 1.51. The third kappa shape index (κ3) is 1.63. The van der Waals surface area contributed by atoms with Gasteiger partial charge in [-0.25, -0.2) is 0 Å². The number of rotatable bonds is 0. The van der Waals surface area contributed by atoms with Gasteiger partial charge in [0.1, 0.15) is 5.78 Å². The molecule has 13 heavy (non-hydrogen) atoms. The first-order valence-corrected chi connectivity index (χ1v) is 4.86. The highest BCUT2D eigenvalue weighted by Crippen LogP contribution is 2.37. The summed E-state index contributed by atoms with van der Waals surface area (Å²) in [5.74, 6) is -0.0547. The average Bonchev–Trinajstić information content (AvgIpc) is 2.24. The van der Waals surface area contributed by atoms with E-state index in [0.717, 1.165) is 6.42 Å². The zero-order valence-electron chi connectivity index (χ0n) is 8.37. The molecule has 2 fully saturated rings. The van der Waals surface area contributed by atoms with Crippen LogP contribution < -0.4 is 0 Å². The molecule has 0 aromatic carbocycles. The quantitative estimate of drug-likeness (QED) is 0.572. The van der Waals surface area contributed by atoms with Crippen molar-refractivity contribution in [1.29, 1.82) is 0 Å². The summed E-state index contributed by atoms with van der Waals surface area (Å²) >= 11 is 0. The summed E-state index contributed by atoms with van der Waals surface area (Å²) in [6.07, 6.45) is 1.46. The average molecular weight is 184 g/mol. The Morgan fingerprint density at radius 2 is 1.92 bits per heavy atom. The Labute approximate surface area is 78.4 Å². The topological polar surface area (TPSA) is 35.5 Å². The van der Waals surface area contributed by atoms with Crippen LogP contribution in [0.5, 0.6) is 0 Å². The Kier molecular flexibility index (Phi) is 1.96. The van der Waals surface area contributed by atoms with Gasteiger partial charge in [-0.2, -0.15) is 0 Å². The Bertz CT molecular complexity index is 234. The second-order valence-corrected chi connectivity index (χ2v) is 4.52. The number of fused-ring (bicyclic) bond motifs is 1. The molecular formula is C10H16O3. The molecular weight excluding hydrogens is 168 g/mol. The molecule has 2 aliphatic rings. The molecule has 0 aromatic heterocycles. The molecule has 3 atom stereocenters. The first-order chi connectivity index (χ1) is 5.98. The summed E-state index contributed by atoms with van der Waals surface area (Å²) in [4.78, 5) is 11.4. The van der Waals surface area contributed by atoms with Crippen molar-refractivity contribution in [3.05, 3.63) is 0 Å². The molecule has 3 nitrogen and oxygen atoms in total. The van der Waals surface area contributed by atoms with Crippen molar-refractivity contribution in [3.8, 4) is 0 Å². The van der Waals surface area contributed by atoms with Crippen LogP contribution in [-0.4, -0.2) is 23.8 Å². The SMILES string of the molecule is C[C@@H]1C[C@@H]2OC(C)(C)O[C@@H]2CC1=O. The largest absolute Gasteiger partial charge is 0.345 e. The van der Waals surface area contributed by atoms with E-state index >= 15 is 0 Å². The minimum Gasteiger partial charge on any atom is -0.345 e. The lowest BCUT2D eigenvalue weighted by Gasteiger charge is -2.25. The molecule has 74 valence electrons. The maximum atomic E-state index is 11.4. The Morgan fingerprint density at radius 1 is 1.31 bits per heavy atom. The molecule has 0 bridgehead atoms. The van der Waals surface area contributed by atoms with Crippen LogP contribution in [0.4, 0.5) is 0 Å². The molecule has 1 aliphatic carbocycles. The van der Waals surface area contributed by atoms with Crippen LogP contribution in [0.25, 0.3) is 0 Å². The number of Topliss-reactive ketones (excluding diaryl/α,β-unsaturated/α-hetero) is 1. The second kappa shape index (κ2) is 2.79. The van der Waals surface area contributed by atoms with Gasteiger partial charge in [-0.1, -0.05) is 6.92 Å². The molecule has 1 heterocycles. The van der Waals surface area contributed by atoms with Gasteiger partial charge in [0, 0.05) is 12.3 Å². The zero-order valence-corrected chi connectivity index (χ0v) is 8.37. The summed E-state index contributed by atoms with van der Waals surface area (Å²) in [5.41, 5.74) is 0. The maximum absolute atomic E-state index is 11.4. The third-order valence-electron chi connectivity index (χ3n) is 2.82. The molecule has 1 saturated carbocycles. The van der Waals surface area contributed by atoms with Crippen LogP contribution in [0.3, 0.4) is 0 Å². The minimum atomic E-state index is -0.500. The van der Waals surface area contributed by atoms with E-state index in [1.54, 1.807) is 0 Å². The van der Waals surface area contributed by atoms with Crippen molar-refractivity contribution in [2.75, 3.05) is 0 Å². The lowest BCUT2D eigenvalue weighted by molar-refractivity contribution is -0.146. The van der Waals surface area contributed by atoms with E-state index in [1.807, 2.05) is 20.8 Å². The lowest BCUT2D eigenvalue weighted by atomic mass is 9.86.